The minimum absolute atomic E-state index is 0.411. The van der Waals surface area contributed by atoms with Gasteiger partial charge in [-0.05, 0) is 50.7 Å². The Bertz CT molecular complexity index is 605. The van der Waals surface area contributed by atoms with Crippen LogP contribution in [0.3, 0.4) is 0 Å². The van der Waals surface area contributed by atoms with Gasteiger partial charge in [-0.15, -0.1) is 0 Å². The fourth-order valence-electron chi connectivity index (χ4n) is 3.11. The van der Waals surface area contributed by atoms with Crippen molar-refractivity contribution in [2.45, 2.75) is 51.4 Å². The van der Waals surface area contributed by atoms with E-state index in [1.54, 1.807) is 0 Å². The Labute approximate surface area is 133 Å². The van der Waals surface area contributed by atoms with E-state index in [2.05, 4.69) is 39.4 Å². The number of fused-ring (bicyclic) bond motifs is 1. The molecule has 0 amide bonds. The monoisotopic (exact) mass is 353 g/mol. The van der Waals surface area contributed by atoms with Gasteiger partial charge in [-0.25, -0.2) is 9.37 Å². The second kappa shape index (κ2) is 6.44. The first-order chi connectivity index (χ1) is 10.1. The van der Waals surface area contributed by atoms with E-state index in [0.717, 1.165) is 48.0 Å². The first-order valence-corrected chi connectivity index (χ1v) is 8.41. The van der Waals surface area contributed by atoms with Gasteiger partial charge in [0.2, 0.25) is 0 Å². The largest absolute Gasteiger partial charge is 0.308 e. The lowest BCUT2D eigenvalue weighted by atomic mass is 9.84. The molecule has 1 N–H and O–H groups in total. The Morgan fingerprint density at radius 2 is 2.19 bits per heavy atom. The summed E-state index contributed by atoms with van der Waals surface area (Å²) < 4.78 is 16.3. The van der Waals surface area contributed by atoms with Crippen LogP contribution < -0.4 is 5.32 Å². The zero-order valence-electron chi connectivity index (χ0n) is 12.2. The number of rotatable bonds is 4. The second-order valence-electron chi connectivity index (χ2n) is 6.02. The van der Waals surface area contributed by atoms with Crippen molar-refractivity contribution in [1.29, 1.82) is 0 Å². The number of pyridine rings is 1. The number of nitrogens with zero attached hydrogens (tertiary/aromatic N) is 2. The van der Waals surface area contributed by atoms with Gasteiger partial charge in [-0.2, -0.15) is 0 Å². The molecule has 3 nitrogen and oxygen atoms in total. The van der Waals surface area contributed by atoms with E-state index in [1.165, 1.54) is 0 Å². The lowest BCUT2D eigenvalue weighted by molar-refractivity contribution is 0.182. The van der Waals surface area contributed by atoms with E-state index < -0.39 is 6.17 Å². The molecule has 1 aliphatic carbocycles. The van der Waals surface area contributed by atoms with E-state index in [9.17, 15) is 4.39 Å². The summed E-state index contributed by atoms with van der Waals surface area (Å²) in [6.07, 6.45) is 6.91. The maximum absolute atomic E-state index is 13.2. The molecule has 3 rings (SSSR count). The predicted octanol–water partition coefficient (Wildman–Crippen LogP) is 4.10. The lowest BCUT2D eigenvalue weighted by Crippen LogP contribution is -2.35. The number of alkyl halides is 1. The summed E-state index contributed by atoms with van der Waals surface area (Å²) in [5.74, 6) is 0.586. The highest BCUT2D eigenvalue weighted by atomic mass is 79.9. The van der Waals surface area contributed by atoms with E-state index in [-0.39, 0.29) is 0 Å². The van der Waals surface area contributed by atoms with Crippen LogP contribution in [0.15, 0.2) is 29.0 Å². The molecule has 114 valence electrons. The maximum Gasteiger partial charge on any atom is 0.138 e. The van der Waals surface area contributed by atoms with Crippen molar-refractivity contribution in [3.05, 3.63) is 34.7 Å². The highest BCUT2D eigenvalue weighted by Crippen LogP contribution is 2.28. The number of hydrogen-bond acceptors (Lipinski definition) is 2. The lowest BCUT2D eigenvalue weighted by Gasteiger charge is -2.29. The SMILES string of the molecule is CC(NCc1cn2ccc(Br)cc2n1)C1CCC(F)CC1. The standard InChI is InChI=1S/C16H21BrFN3/c1-11(12-2-4-14(18)5-3-12)19-9-15-10-21-7-6-13(17)8-16(21)20-15/h6-8,10-12,14,19H,2-5,9H2,1H3. The first-order valence-electron chi connectivity index (χ1n) is 7.62. The van der Waals surface area contributed by atoms with Crippen molar-refractivity contribution in [2.75, 3.05) is 0 Å². The zero-order valence-corrected chi connectivity index (χ0v) is 13.8. The number of imidazole rings is 1. The molecule has 0 saturated heterocycles. The third kappa shape index (κ3) is 3.64. The quantitative estimate of drug-likeness (QED) is 0.896. The summed E-state index contributed by atoms with van der Waals surface area (Å²) >= 11 is 3.46. The van der Waals surface area contributed by atoms with Crippen molar-refractivity contribution in [3.8, 4) is 0 Å². The molecule has 1 fully saturated rings. The van der Waals surface area contributed by atoms with Crippen LogP contribution in [-0.4, -0.2) is 21.6 Å². The smallest absolute Gasteiger partial charge is 0.138 e. The van der Waals surface area contributed by atoms with Crippen molar-refractivity contribution >= 4 is 21.6 Å². The molecule has 1 aliphatic rings. The molecule has 1 atom stereocenters. The Hall–Kier alpha value is -0.940. The Morgan fingerprint density at radius 3 is 2.95 bits per heavy atom. The average molecular weight is 354 g/mol. The summed E-state index contributed by atoms with van der Waals surface area (Å²) in [5.41, 5.74) is 1.99. The topological polar surface area (TPSA) is 29.3 Å². The fourth-order valence-corrected chi connectivity index (χ4v) is 3.43. The third-order valence-corrected chi connectivity index (χ3v) is 4.98. The molecular formula is C16H21BrFN3. The van der Waals surface area contributed by atoms with Crippen LogP contribution in [0.1, 0.15) is 38.3 Å². The molecule has 1 unspecified atom stereocenters. The van der Waals surface area contributed by atoms with Crippen LogP contribution in [0.4, 0.5) is 4.39 Å². The molecule has 21 heavy (non-hydrogen) atoms. The molecule has 5 heteroatoms. The van der Waals surface area contributed by atoms with Gasteiger partial charge in [0.25, 0.3) is 0 Å². The van der Waals surface area contributed by atoms with Gasteiger partial charge in [0.05, 0.1) is 5.69 Å². The van der Waals surface area contributed by atoms with Crippen LogP contribution in [-0.2, 0) is 6.54 Å². The van der Waals surface area contributed by atoms with Crippen LogP contribution in [0.5, 0.6) is 0 Å². The summed E-state index contributed by atoms with van der Waals surface area (Å²) in [6, 6.07) is 4.42. The van der Waals surface area contributed by atoms with E-state index in [0.29, 0.717) is 12.0 Å². The van der Waals surface area contributed by atoms with E-state index in [4.69, 9.17) is 0 Å². The van der Waals surface area contributed by atoms with E-state index >= 15 is 0 Å². The van der Waals surface area contributed by atoms with Crippen LogP contribution in [0.25, 0.3) is 5.65 Å². The number of hydrogen-bond donors (Lipinski definition) is 1. The number of halogens is 2. The summed E-state index contributed by atoms with van der Waals surface area (Å²) in [4.78, 5) is 4.61. The van der Waals surface area contributed by atoms with Crippen LogP contribution in [0, 0.1) is 5.92 Å². The maximum atomic E-state index is 13.2. The first kappa shape index (κ1) is 15.0. The summed E-state index contributed by atoms with van der Waals surface area (Å²) in [7, 11) is 0. The van der Waals surface area contributed by atoms with Crippen molar-refractivity contribution < 1.29 is 4.39 Å². The zero-order chi connectivity index (χ0) is 14.8. The normalized spacial score (nSPS) is 24.3. The molecule has 0 aliphatic heterocycles. The van der Waals surface area contributed by atoms with Gasteiger partial charge >= 0.3 is 0 Å². The highest BCUT2D eigenvalue weighted by Gasteiger charge is 2.24. The number of nitrogens with one attached hydrogen (secondary N) is 1. The van der Waals surface area contributed by atoms with Gasteiger partial charge in [-0.3, -0.25) is 0 Å². The summed E-state index contributed by atoms with van der Waals surface area (Å²) in [6.45, 7) is 2.96. The number of aromatic nitrogens is 2. The molecule has 2 heterocycles. The molecule has 0 bridgehead atoms. The molecule has 2 aromatic rings. The van der Waals surface area contributed by atoms with Gasteiger partial charge in [0.15, 0.2) is 0 Å². The van der Waals surface area contributed by atoms with E-state index in [1.807, 2.05) is 22.7 Å². The molecule has 0 aromatic carbocycles. The Kier molecular flexibility index (Phi) is 4.60. The Balaban J connectivity index is 1.58. The van der Waals surface area contributed by atoms with Gasteiger partial charge in [-0.1, -0.05) is 15.9 Å². The molecule has 0 radical (unpaired) electrons. The van der Waals surface area contributed by atoms with Crippen molar-refractivity contribution in [2.24, 2.45) is 5.92 Å². The van der Waals surface area contributed by atoms with Gasteiger partial charge in [0.1, 0.15) is 11.8 Å². The summed E-state index contributed by atoms with van der Waals surface area (Å²) in [5, 5.41) is 3.55. The van der Waals surface area contributed by atoms with Crippen LogP contribution >= 0.6 is 15.9 Å². The van der Waals surface area contributed by atoms with Gasteiger partial charge < -0.3 is 9.72 Å². The minimum Gasteiger partial charge on any atom is -0.308 e. The molecule has 0 spiro atoms. The average Bonchev–Trinajstić information content (AvgIpc) is 2.87. The van der Waals surface area contributed by atoms with Crippen molar-refractivity contribution in [1.82, 2.24) is 14.7 Å². The second-order valence-corrected chi connectivity index (χ2v) is 6.94. The van der Waals surface area contributed by atoms with Gasteiger partial charge in [0, 0.05) is 29.5 Å². The highest BCUT2D eigenvalue weighted by molar-refractivity contribution is 9.10. The van der Waals surface area contributed by atoms with Crippen LogP contribution in [0.2, 0.25) is 0 Å². The minimum atomic E-state index is -0.578. The molecular weight excluding hydrogens is 333 g/mol. The fraction of sp³-hybridized carbons (Fsp3) is 0.562. The Morgan fingerprint density at radius 1 is 1.43 bits per heavy atom. The molecule has 2 aromatic heterocycles. The predicted molar refractivity (Wildman–Crippen MR) is 86.0 cm³/mol. The van der Waals surface area contributed by atoms with Crippen molar-refractivity contribution in [3.63, 3.8) is 0 Å². The third-order valence-electron chi connectivity index (χ3n) is 4.49. The molecule has 1 saturated carbocycles.